The van der Waals surface area contributed by atoms with Crippen LogP contribution in [-0.4, -0.2) is 30.3 Å². The molecule has 0 fully saturated rings. The summed E-state index contributed by atoms with van der Waals surface area (Å²) in [6.07, 6.45) is 0.354. The minimum atomic E-state index is -0.732. The van der Waals surface area contributed by atoms with E-state index in [1.165, 1.54) is 6.92 Å². The van der Waals surface area contributed by atoms with Crippen molar-refractivity contribution in [3.8, 4) is 0 Å². The molecule has 0 bridgehead atoms. The fourth-order valence-electron chi connectivity index (χ4n) is 2.32. The van der Waals surface area contributed by atoms with E-state index in [2.05, 4.69) is 16.0 Å². The van der Waals surface area contributed by atoms with E-state index in [4.69, 9.17) is 0 Å². The highest BCUT2D eigenvalue weighted by Gasteiger charge is 2.20. The third-order valence-electron chi connectivity index (χ3n) is 3.46. The summed E-state index contributed by atoms with van der Waals surface area (Å²) in [4.78, 5) is 35.6. The molecule has 0 saturated carbocycles. The Labute approximate surface area is 146 Å². The van der Waals surface area contributed by atoms with E-state index in [1.807, 2.05) is 36.4 Å². The number of hydrogen-bond acceptors (Lipinski definition) is 3. The molecule has 0 spiro atoms. The van der Waals surface area contributed by atoms with Crippen molar-refractivity contribution in [2.75, 3.05) is 11.9 Å². The number of hydrogen-bond donors (Lipinski definition) is 3. The summed E-state index contributed by atoms with van der Waals surface area (Å²) < 4.78 is 0. The van der Waals surface area contributed by atoms with Crippen LogP contribution in [0.5, 0.6) is 0 Å². The second-order valence-electron chi connectivity index (χ2n) is 5.57. The van der Waals surface area contributed by atoms with E-state index in [9.17, 15) is 14.4 Å². The van der Waals surface area contributed by atoms with Crippen LogP contribution >= 0.6 is 0 Å². The maximum absolute atomic E-state index is 12.3. The molecule has 0 heterocycles. The number of anilines is 1. The van der Waals surface area contributed by atoms with Gasteiger partial charge in [0.25, 0.3) is 0 Å². The minimum absolute atomic E-state index is 0.168. The lowest BCUT2D eigenvalue weighted by atomic mass is 10.1. The quantitative estimate of drug-likeness (QED) is 0.714. The van der Waals surface area contributed by atoms with Gasteiger partial charge in [0.05, 0.1) is 6.54 Å². The molecule has 130 valence electrons. The summed E-state index contributed by atoms with van der Waals surface area (Å²) in [5.41, 5.74) is 1.58. The van der Waals surface area contributed by atoms with Gasteiger partial charge < -0.3 is 16.0 Å². The van der Waals surface area contributed by atoms with Gasteiger partial charge in [0, 0.05) is 19.0 Å². The van der Waals surface area contributed by atoms with Crippen molar-refractivity contribution < 1.29 is 14.4 Å². The molecule has 0 aromatic heterocycles. The molecule has 1 atom stereocenters. The van der Waals surface area contributed by atoms with Gasteiger partial charge in [-0.2, -0.15) is 0 Å². The van der Waals surface area contributed by atoms with Gasteiger partial charge in [-0.1, -0.05) is 48.5 Å². The Kier molecular flexibility index (Phi) is 6.71. The average molecular weight is 339 g/mol. The van der Waals surface area contributed by atoms with Crippen LogP contribution in [0, 0.1) is 0 Å². The Morgan fingerprint density at radius 2 is 1.52 bits per heavy atom. The third-order valence-corrected chi connectivity index (χ3v) is 3.46. The standard InChI is InChI=1S/C19H21N3O3/c1-14(23)21-17(12-15-8-4-2-5-9-15)19(25)20-13-18(24)22-16-10-6-3-7-11-16/h2-11,17H,12-13H2,1H3,(H,20,25)(H,21,23)(H,22,24)/t17-/m0/s1. The van der Waals surface area contributed by atoms with Crippen molar-refractivity contribution in [3.05, 3.63) is 66.2 Å². The van der Waals surface area contributed by atoms with E-state index in [0.717, 1.165) is 5.56 Å². The SMILES string of the molecule is CC(=O)N[C@@H](Cc1ccccc1)C(=O)NCC(=O)Nc1ccccc1. The van der Waals surface area contributed by atoms with E-state index >= 15 is 0 Å². The van der Waals surface area contributed by atoms with E-state index in [1.54, 1.807) is 24.3 Å². The Balaban J connectivity index is 1.90. The maximum Gasteiger partial charge on any atom is 0.243 e. The first-order chi connectivity index (χ1) is 12.0. The summed E-state index contributed by atoms with van der Waals surface area (Å²) in [6, 6.07) is 17.6. The molecule has 2 rings (SSSR count). The number of benzene rings is 2. The Morgan fingerprint density at radius 1 is 0.920 bits per heavy atom. The fraction of sp³-hybridized carbons (Fsp3) is 0.211. The first-order valence-corrected chi connectivity index (χ1v) is 7.98. The van der Waals surface area contributed by atoms with Crippen LogP contribution in [0.3, 0.4) is 0 Å². The summed E-state index contributed by atoms with van der Waals surface area (Å²) in [6.45, 7) is 1.19. The normalized spacial score (nSPS) is 11.2. The third kappa shape index (κ3) is 6.47. The van der Waals surface area contributed by atoms with Crippen LogP contribution in [-0.2, 0) is 20.8 Å². The minimum Gasteiger partial charge on any atom is -0.345 e. The molecule has 0 radical (unpaired) electrons. The van der Waals surface area contributed by atoms with Gasteiger partial charge in [-0.15, -0.1) is 0 Å². The zero-order valence-electron chi connectivity index (χ0n) is 14.0. The lowest BCUT2D eigenvalue weighted by Gasteiger charge is -2.17. The number of nitrogens with one attached hydrogen (secondary N) is 3. The number of rotatable bonds is 7. The van der Waals surface area contributed by atoms with Gasteiger partial charge in [-0.3, -0.25) is 14.4 Å². The highest BCUT2D eigenvalue weighted by molar-refractivity contribution is 5.95. The average Bonchev–Trinajstić information content (AvgIpc) is 2.60. The monoisotopic (exact) mass is 339 g/mol. The molecular weight excluding hydrogens is 318 g/mol. The smallest absolute Gasteiger partial charge is 0.243 e. The van der Waals surface area contributed by atoms with E-state index in [-0.39, 0.29) is 18.4 Å². The Morgan fingerprint density at radius 3 is 2.12 bits per heavy atom. The van der Waals surface area contributed by atoms with Crippen molar-refractivity contribution in [1.82, 2.24) is 10.6 Å². The molecule has 0 saturated heterocycles. The largest absolute Gasteiger partial charge is 0.345 e. The Hall–Kier alpha value is -3.15. The second kappa shape index (κ2) is 9.22. The predicted octanol–water partition coefficient (Wildman–Crippen LogP) is 1.49. The van der Waals surface area contributed by atoms with E-state index in [0.29, 0.717) is 12.1 Å². The molecule has 25 heavy (non-hydrogen) atoms. The molecule has 6 heteroatoms. The van der Waals surface area contributed by atoms with Crippen LogP contribution in [0.15, 0.2) is 60.7 Å². The topological polar surface area (TPSA) is 87.3 Å². The van der Waals surface area contributed by atoms with Crippen molar-refractivity contribution >= 4 is 23.4 Å². The summed E-state index contributed by atoms with van der Waals surface area (Å²) in [7, 11) is 0. The predicted molar refractivity (Wildman–Crippen MR) is 95.8 cm³/mol. The lowest BCUT2D eigenvalue weighted by molar-refractivity contribution is -0.129. The number of amides is 3. The van der Waals surface area contributed by atoms with Crippen molar-refractivity contribution in [2.24, 2.45) is 0 Å². The van der Waals surface area contributed by atoms with Gasteiger partial charge >= 0.3 is 0 Å². The Bertz CT molecular complexity index is 717. The van der Waals surface area contributed by atoms with Crippen LogP contribution in [0.1, 0.15) is 12.5 Å². The van der Waals surface area contributed by atoms with Gasteiger partial charge in [0.1, 0.15) is 6.04 Å². The lowest BCUT2D eigenvalue weighted by Crippen LogP contribution is -2.49. The van der Waals surface area contributed by atoms with Crippen molar-refractivity contribution in [1.29, 1.82) is 0 Å². The fourth-order valence-corrected chi connectivity index (χ4v) is 2.32. The highest BCUT2D eigenvalue weighted by Crippen LogP contribution is 2.05. The van der Waals surface area contributed by atoms with Crippen LogP contribution < -0.4 is 16.0 Å². The van der Waals surface area contributed by atoms with Gasteiger partial charge in [-0.25, -0.2) is 0 Å². The highest BCUT2D eigenvalue weighted by atomic mass is 16.2. The zero-order valence-corrected chi connectivity index (χ0v) is 14.0. The maximum atomic E-state index is 12.3. The number of carbonyl (C=O) groups excluding carboxylic acids is 3. The van der Waals surface area contributed by atoms with Crippen LogP contribution in [0.25, 0.3) is 0 Å². The first-order valence-electron chi connectivity index (χ1n) is 7.98. The summed E-state index contributed by atoms with van der Waals surface area (Å²) in [5.74, 6) is -1.03. The molecule has 2 aromatic rings. The van der Waals surface area contributed by atoms with Crippen LogP contribution in [0.4, 0.5) is 5.69 Å². The van der Waals surface area contributed by atoms with Crippen molar-refractivity contribution in [3.63, 3.8) is 0 Å². The first kappa shape index (κ1) is 18.2. The van der Waals surface area contributed by atoms with Crippen molar-refractivity contribution in [2.45, 2.75) is 19.4 Å². The molecular formula is C19H21N3O3. The second-order valence-corrected chi connectivity index (χ2v) is 5.57. The molecule has 3 N–H and O–H groups in total. The molecule has 0 aliphatic carbocycles. The summed E-state index contributed by atoms with van der Waals surface area (Å²) in [5, 5.41) is 7.87. The number of para-hydroxylation sites is 1. The molecule has 6 nitrogen and oxygen atoms in total. The molecule has 0 unspecified atom stereocenters. The van der Waals surface area contributed by atoms with Crippen LogP contribution in [0.2, 0.25) is 0 Å². The van der Waals surface area contributed by atoms with Gasteiger partial charge in [0.15, 0.2) is 0 Å². The molecule has 2 aromatic carbocycles. The summed E-state index contributed by atoms with van der Waals surface area (Å²) >= 11 is 0. The molecule has 3 amide bonds. The van der Waals surface area contributed by atoms with Gasteiger partial charge in [0.2, 0.25) is 17.7 Å². The molecule has 0 aliphatic rings. The molecule has 0 aliphatic heterocycles. The van der Waals surface area contributed by atoms with Gasteiger partial charge in [-0.05, 0) is 17.7 Å². The van der Waals surface area contributed by atoms with E-state index < -0.39 is 11.9 Å². The zero-order chi connectivity index (χ0) is 18.1. The number of carbonyl (C=O) groups is 3.